The summed E-state index contributed by atoms with van der Waals surface area (Å²) < 4.78 is 37.1. The van der Waals surface area contributed by atoms with E-state index in [2.05, 4.69) is 9.84 Å². The van der Waals surface area contributed by atoms with Crippen molar-refractivity contribution >= 4 is 17.1 Å². The molecule has 7 nitrogen and oxygen atoms in total. The second-order valence-electron chi connectivity index (χ2n) is 7.25. The van der Waals surface area contributed by atoms with E-state index in [0.717, 1.165) is 24.7 Å². The van der Waals surface area contributed by atoms with Gasteiger partial charge >= 0.3 is 6.16 Å². The van der Waals surface area contributed by atoms with Crippen LogP contribution in [0.15, 0.2) is 59.8 Å². The molecule has 2 aromatic carbocycles. The lowest BCUT2D eigenvalue weighted by atomic mass is 10.1. The molecule has 32 heavy (non-hydrogen) atoms. The molecule has 0 radical (unpaired) electrons. The van der Waals surface area contributed by atoms with Crippen molar-refractivity contribution in [3.05, 3.63) is 82.4 Å². The van der Waals surface area contributed by atoms with Gasteiger partial charge in [0.2, 0.25) is 5.43 Å². The fourth-order valence-corrected chi connectivity index (χ4v) is 3.58. The first kappa shape index (κ1) is 21.2. The number of carboxylic acid groups (broad SMARTS) is 1. The zero-order chi connectivity index (χ0) is 22.8. The predicted octanol–water partition coefficient (Wildman–Crippen LogP) is 4.66. The Hall–Kier alpha value is -4.01. The number of ether oxygens (including phenoxy) is 1. The third kappa shape index (κ3) is 4.09. The summed E-state index contributed by atoms with van der Waals surface area (Å²) in [6.45, 7) is 2.65. The van der Waals surface area contributed by atoms with E-state index in [4.69, 9.17) is 5.11 Å². The van der Waals surface area contributed by atoms with Crippen LogP contribution in [0.3, 0.4) is 0 Å². The molecule has 0 aliphatic heterocycles. The number of para-hydroxylation sites is 1. The van der Waals surface area contributed by atoms with E-state index in [0.29, 0.717) is 5.56 Å². The molecule has 0 saturated carbocycles. The van der Waals surface area contributed by atoms with E-state index < -0.39 is 29.0 Å². The number of hydrogen-bond acceptors (Lipinski definition) is 4. The van der Waals surface area contributed by atoms with Gasteiger partial charge in [0.25, 0.3) is 0 Å². The van der Waals surface area contributed by atoms with Gasteiger partial charge in [-0.25, -0.2) is 13.6 Å². The molecule has 0 amide bonds. The Bertz CT molecular complexity index is 1380. The van der Waals surface area contributed by atoms with E-state index in [1.54, 1.807) is 23.0 Å². The van der Waals surface area contributed by atoms with Gasteiger partial charge in [0.05, 0.1) is 29.8 Å². The molecule has 0 aliphatic carbocycles. The topological polar surface area (TPSA) is 86.4 Å². The summed E-state index contributed by atoms with van der Waals surface area (Å²) in [4.78, 5) is 23.4. The van der Waals surface area contributed by atoms with Crippen LogP contribution in [-0.2, 0) is 13.1 Å². The van der Waals surface area contributed by atoms with Crippen molar-refractivity contribution in [2.75, 3.05) is 0 Å². The zero-order valence-corrected chi connectivity index (χ0v) is 17.1. The molecule has 4 aromatic rings. The largest absolute Gasteiger partial charge is 0.511 e. The van der Waals surface area contributed by atoms with Crippen LogP contribution in [0.2, 0.25) is 0 Å². The van der Waals surface area contributed by atoms with Crippen LogP contribution in [-0.4, -0.2) is 25.6 Å². The highest BCUT2D eigenvalue weighted by Gasteiger charge is 2.17. The fourth-order valence-electron chi connectivity index (χ4n) is 3.58. The van der Waals surface area contributed by atoms with Crippen molar-refractivity contribution < 1.29 is 23.4 Å². The van der Waals surface area contributed by atoms with Crippen molar-refractivity contribution in [3.8, 4) is 16.9 Å². The lowest BCUT2D eigenvalue weighted by Crippen LogP contribution is -2.17. The summed E-state index contributed by atoms with van der Waals surface area (Å²) in [5.74, 6) is -1.72. The molecule has 0 spiro atoms. The number of rotatable bonds is 6. The van der Waals surface area contributed by atoms with Gasteiger partial charge < -0.3 is 14.4 Å². The molecule has 4 rings (SSSR count). The lowest BCUT2D eigenvalue weighted by Gasteiger charge is -2.14. The van der Waals surface area contributed by atoms with Gasteiger partial charge in [-0.15, -0.1) is 0 Å². The number of benzene rings is 2. The number of hydrogen-bond donors (Lipinski definition) is 1. The number of aryl methyl sites for hydroxylation is 1. The summed E-state index contributed by atoms with van der Waals surface area (Å²) in [5, 5.41) is 13.1. The fraction of sp³-hybridized carbons (Fsp3) is 0.174. The molecule has 0 bridgehead atoms. The number of carbonyl (C=O) groups is 1. The third-order valence-electron chi connectivity index (χ3n) is 5.03. The number of fused-ring (bicyclic) bond motifs is 1. The molecule has 0 atom stereocenters. The number of halogens is 2. The Kier molecular flexibility index (Phi) is 5.72. The predicted molar refractivity (Wildman–Crippen MR) is 114 cm³/mol. The maximum atomic E-state index is 14.9. The summed E-state index contributed by atoms with van der Waals surface area (Å²) >= 11 is 0. The van der Waals surface area contributed by atoms with Crippen LogP contribution >= 0.6 is 0 Å². The van der Waals surface area contributed by atoms with Crippen LogP contribution < -0.4 is 10.2 Å². The van der Waals surface area contributed by atoms with Crippen LogP contribution in [0.1, 0.15) is 18.9 Å². The van der Waals surface area contributed by atoms with E-state index in [1.807, 2.05) is 13.1 Å². The molecular formula is C23H19F2N3O4. The molecule has 0 fully saturated rings. The van der Waals surface area contributed by atoms with Gasteiger partial charge in [-0.2, -0.15) is 5.10 Å². The van der Waals surface area contributed by atoms with Gasteiger partial charge in [0.1, 0.15) is 11.6 Å². The highest BCUT2D eigenvalue weighted by molar-refractivity contribution is 5.81. The zero-order valence-electron chi connectivity index (χ0n) is 17.1. The molecule has 9 heteroatoms. The van der Waals surface area contributed by atoms with E-state index in [1.165, 1.54) is 28.8 Å². The normalized spacial score (nSPS) is 11.1. The molecule has 0 saturated heterocycles. The van der Waals surface area contributed by atoms with Gasteiger partial charge in [0, 0.05) is 23.9 Å². The summed E-state index contributed by atoms with van der Waals surface area (Å²) in [7, 11) is 0. The summed E-state index contributed by atoms with van der Waals surface area (Å²) in [6.07, 6.45) is 3.81. The Labute approximate surface area is 181 Å². The number of aromatic nitrogens is 3. The first-order chi connectivity index (χ1) is 15.4. The average molecular weight is 439 g/mol. The molecule has 1 N–H and O–H groups in total. The van der Waals surface area contributed by atoms with Crippen molar-refractivity contribution in [1.29, 1.82) is 0 Å². The molecule has 2 aromatic heterocycles. The average Bonchev–Trinajstić information content (AvgIpc) is 3.21. The monoisotopic (exact) mass is 439 g/mol. The lowest BCUT2D eigenvalue weighted by molar-refractivity contribution is 0.144. The minimum atomic E-state index is -1.68. The quantitative estimate of drug-likeness (QED) is 0.442. The van der Waals surface area contributed by atoms with Crippen molar-refractivity contribution in [2.45, 2.75) is 26.4 Å². The highest BCUT2D eigenvalue weighted by atomic mass is 19.1. The Morgan fingerprint density at radius 1 is 1.12 bits per heavy atom. The van der Waals surface area contributed by atoms with Gasteiger partial charge in [-0.1, -0.05) is 25.1 Å². The standard InChI is InChI=1S/C23H19F2N3O4/c1-2-8-28-12-16(10-26-28)14-6-7-15(19(25)9-14)11-27-13-20(32-23(30)31)22(29)17-4-3-5-18(24)21(17)27/h3-7,9-10,12-13H,2,8,11H2,1H3,(H,30,31). The minimum Gasteiger partial charge on any atom is -0.449 e. The first-order valence-electron chi connectivity index (χ1n) is 9.91. The van der Waals surface area contributed by atoms with Gasteiger partial charge in [-0.05, 0) is 30.2 Å². The third-order valence-corrected chi connectivity index (χ3v) is 5.03. The molecular weight excluding hydrogens is 420 g/mol. The van der Waals surface area contributed by atoms with E-state index in [-0.39, 0.29) is 23.0 Å². The Balaban J connectivity index is 1.75. The number of nitrogens with zero attached hydrogens (tertiary/aromatic N) is 3. The first-order valence-corrected chi connectivity index (χ1v) is 9.91. The van der Waals surface area contributed by atoms with E-state index in [9.17, 15) is 18.4 Å². The van der Waals surface area contributed by atoms with Crippen molar-refractivity contribution in [3.63, 3.8) is 0 Å². The van der Waals surface area contributed by atoms with Crippen LogP contribution in [0.25, 0.3) is 22.0 Å². The summed E-state index contributed by atoms with van der Waals surface area (Å²) in [5.41, 5.74) is 0.794. The van der Waals surface area contributed by atoms with Crippen molar-refractivity contribution in [1.82, 2.24) is 14.3 Å². The van der Waals surface area contributed by atoms with Gasteiger partial charge in [-0.3, -0.25) is 9.48 Å². The molecule has 0 unspecified atom stereocenters. The second kappa shape index (κ2) is 8.62. The maximum Gasteiger partial charge on any atom is 0.511 e. The summed E-state index contributed by atoms with van der Waals surface area (Å²) in [6, 6.07) is 8.51. The molecule has 0 aliphatic rings. The second-order valence-corrected chi connectivity index (χ2v) is 7.25. The van der Waals surface area contributed by atoms with Gasteiger partial charge in [0.15, 0.2) is 5.75 Å². The SMILES string of the molecule is CCCn1cc(-c2ccc(Cn3cc(OC(=O)O)c(=O)c4cccc(F)c43)c(F)c2)cn1. The Morgan fingerprint density at radius 2 is 1.94 bits per heavy atom. The van der Waals surface area contributed by atoms with Crippen LogP contribution in [0.4, 0.5) is 13.6 Å². The van der Waals surface area contributed by atoms with Crippen molar-refractivity contribution in [2.24, 2.45) is 0 Å². The number of pyridine rings is 1. The van der Waals surface area contributed by atoms with Crippen LogP contribution in [0.5, 0.6) is 5.75 Å². The van der Waals surface area contributed by atoms with E-state index >= 15 is 0 Å². The Morgan fingerprint density at radius 3 is 2.66 bits per heavy atom. The molecule has 2 heterocycles. The molecule has 164 valence electrons. The maximum absolute atomic E-state index is 14.9. The smallest absolute Gasteiger partial charge is 0.449 e. The van der Waals surface area contributed by atoms with Crippen LogP contribution in [0, 0.1) is 11.6 Å². The highest BCUT2D eigenvalue weighted by Crippen LogP contribution is 2.25. The minimum absolute atomic E-state index is 0.0656.